The second-order valence-electron chi connectivity index (χ2n) is 3.50. The average Bonchev–Trinajstić information content (AvgIpc) is 2.86. The molecule has 0 saturated heterocycles. The van der Waals surface area contributed by atoms with Crippen molar-refractivity contribution in [2.45, 2.75) is 18.4 Å². The average molecular weight is 198 g/mol. The fourth-order valence-corrected chi connectivity index (χ4v) is 1.72. The third-order valence-corrected chi connectivity index (χ3v) is 2.83. The van der Waals surface area contributed by atoms with Crippen LogP contribution >= 0.6 is 11.6 Å². The van der Waals surface area contributed by atoms with Crippen molar-refractivity contribution < 1.29 is 4.74 Å². The van der Waals surface area contributed by atoms with Crippen LogP contribution in [0.2, 0.25) is 5.02 Å². The number of methoxy groups -OCH3 is 1. The standard InChI is InChI=1S/C10H12ClNO/c1-13-7-2-3-9(11)8(6-7)10(12)4-5-10/h2-3,6H,4-5,12H2,1H3. The molecule has 0 amide bonds. The second-order valence-corrected chi connectivity index (χ2v) is 3.91. The van der Waals surface area contributed by atoms with E-state index in [4.69, 9.17) is 22.1 Å². The van der Waals surface area contributed by atoms with Crippen molar-refractivity contribution in [3.05, 3.63) is 28.8 Å². The largest absolute Gasteiger partial charge is 0.497 e. The summed E-state index contributed by atoms with van der Waals surface area (Å²) in [5.74, 6) is 0.816. The summed E-state index contributed by atoms with van der Waals surface area (Å²) < 4.78 is 5.12. The van der Waals surface area contributed by atoms with Gasteiger partial charge in [-0.25, -0.2) is 0 Å². The Labute approximate surface area is 82.6 Å². The van der Waals surface area contributed by atoms with Crippen LogP contribution in [0.3, 0.4) is 0 Å². The summed E-state index contributed by atoms with van der Waals surface area (Å²) in [7, 11) is 1.64. The van der Waals surface area contributed by atoms with E-state index < -0.39 is 0 Å². The van der Waals surface area contributed by atoms with Crippen molar-refractivity contribution >= 4 is 11.6 Å². The Hall–Kier alpha value is -0.730. The zero-order valence-corrected chi connectivity index (χ0v) is 8.27. The number of rotatable bonds is 2. The first-order valence-electron chi connectivity index (χ1n) is 4.29. The van der Waals surface area contributed by atoms with E-state index in [1.807, 2.05) is 18.2 Å². The first-order valence-corrected chi connectivity index (χ1v) is 4.66. The van der Waals surface area contributed by atoms with Crippen LogP contribution in [0.5, 0.6) is 5.75 Å². The first-order chi connectivity index (χ1) is 6.15. The minimum Gasteiger partial charge on any atom is -0.497 e. The van der Waals surface area contributed by atoms with Crippen LogP contribution < -0.4 is 10.5 Å². The Morgan fingerprint density at radius 1 is 1.46 bits per heavy atom. The third kappa shape index (κ3) is 1.52. The summed E-state index contributed by atoms with van der Waals surface area (Å²) in [6.45, 7) is 0. The second kappa shape index (κ2) is 2.89. The monoisotopic (exact) mass is 197 g/mol. The Morgan fingerprint density at radius 2 is 2.15 bits per heavy atom. The number of ether oxygens (including phenoxy) is 1. The van der Waals surface area contributed by atoms with Gasteiger partial charge in [0.2, 0.25) is 0 Å². The van der Waals surface area contributed by atoms with Crippen molar-refractivity contribution in [3.8, 4) is 5.75 Å². The fraction of sp³-hybridized carbons (Fsp3) is 0.400. The normalized spacial score (nSPS) is 18.4. The topological polar surface area (TPSA) is 35.2 Å². The van der Waals surface area contributed by atoms with Gasteiger partial charge in [0.1, 0.15) is 5.75 Å². The van der Waals surface area contributed by atoms with E-state index in [2.05, 4.69) is 0 Å². The van der Waals surface area contributed by atoms with E-state index in [1.54, 1.807) is 7.11 Å². The first kappa shape index (κ1) is 8.85. The molecule has 0 radical (unpaired) electrons. The van der Waals surface area contributed by atoms with Crippen LogP contribution in [0.25, 0.3) is 0 Å². The third-order valence-electron chi connectivity index (χ3n) is 2.50. The van der Waals surface area contributed by atoms with Crippen LogP contribution in [0, 0.1) is 0 Å². The summed E-state index contributed by atoms with van der Waals surface area (Å²) in [6, 6.07) is 5.61. The summed E-state index contributed by atoms with van der Waals surface area (Å²) in [5.41, 5.74) is 6.87. The van der Waals surface area contributed by atoms with Gasteiger partial charge in [-0.05, 0) is 36.6 Å². The predicted molar refractivity (Wildman–Crippen MR) is 53.1 cm³/mol. The molecule has 0 aliphatic heterocycles. The van der Waals surface area contributed by atoms with Crippen molar-refractivity contribution in [2.75, 3.05) is 7.11 Å². The van der Waals surface area contributed by atoms with E-state index in [-0.39, 0.29) is 5.54 Å². The summed E-state index contributed by atoms with van der Waals surface area (Å²) in [5, 5.41) is 0.737. The Morgan fingerprint density at radius 3 is 2.69 bits per heavy atom. The maximum atomic E-state index is 6.05. The van der Waals surface area contributed by atoms with Gasteiger partial charge in [-0.2, -0.15) is 0 Å². The van der Waals surface area contributed by atoms with E-state index in [1.165, 1.54) is 0 Å². The van der Waals surface area contributed by atoms with Crippen molar-refractivity contribution in [1.82, 2.24) is 0 Å². The molecule has 0 unspecified atom stereocenters. The lowest BCUT2D eigenvalue weighted by Crippen LogP contribution is -2.19. The molecule has 2 nitrogen and oxygen atoms in total. The summed E-state index contributed by atoms with van der Waals surface area (Å²) >= 11 is 6.04. The van der Waals surface area contributed by atoms with Crippen LogP contribution in [0.15, 0.2) is 18.2 Å². The number of hydrogen-bond donors (Lipinski definition) is 1. The van der Waals surface area contributed by atoms with Crippen LogP contribution in [0.1, 0.15) is 18.4 Å². The highest BCUT2D eigenvalue weighted by Crippen LogP contribution is 2.46. The van der Waals surface area contributed by atoms with Crippen LogP contribution in [-0.2, 0) is 5.54 Å². The van der Waals surface area contributed by atoms with Gasteiger partial charge in [-0.3, -0.25) is 0 Å². The van der Waals surface area contributed by atoms with Gasteiger partial charge in [-0.1, -0.05) is 11.6 Å². The molecule has 0 atom stereocenters. The minimum absolute atomic E-state index is 0.189. The summed E-state index contributed by atoms with van der Waals surface area (Å²) in [6.07, 6.45) is 2.03. The zero-order chi connectivity index (χ0) is 9.47. The van der Waals surface area contributed by atoms with Crippen molar-refractivity contribution in [3.63, 3.8) is 0 Å². The van der Waals surface area contributed by atoms with E-state index in [0.717, 1.165) is 29.2 Å². The van der Waals surface area contributed by atoms with E-state index in [9.17, 15) is 0 Å². The highest BCUT2D eigenvalue weighted by Gasteiger charge is 2.41. The summed E-state index contributed by atoms with van der Waals surface area (Å²) in [4.78, 5) is 0. The molecular formula is C10H12ClNO. The van der Waals surface area contributed by atoms with Crippen LogP contribution in [-0.4, -0.2) is 7.11 Å². The molecule has 1 aliphatic rings. The molecule has 3 heteroatoms. The van der Waals surface area contributed by atoms with E-state index >= 15 is 0 Å². The Balaban J connectivity index is 2.43. The molecular weight excluding hydrogens is 186 g/mol. The molecule has 1 fully saturated rings. The molecule has 0 bridgehead atoms. The molecule has 0 aromatic heterocycles. The number of halogens is 1. The number of benzene rings is 1. The van der Waals surface area contributed by atoms with Crippen molar-refractivity contribution in [2.24, 2.45) is 5.73 Å². The maximum absolute atomic E-state index is 6.05. The lowest BCUT2D eigenvalue weighted by molar-refractivity contribution is 0.413. The van der Waals surface area contributed by atoms with E-state index in [0.29, 0.717) is 0 Å². The SMILES string of the molecule is COc1ccc(Cl)c(C2(N)CC2)c1. The molecule has 13 heavy (non-hydrogen) atoms. The molecule has 1 aromatic rings. The smallest absolute Gasteiger partial charge is 0.119 e. The molecule has 0 spiro atoms. The molecule has 1 aliphatic carbocycles. The number of hydrogen-bond acceptors (Lipinski definition) is 2. The van der Waals surface area contributed by atoms with Gasteiger partial charge in [0, 0.05) is 10.6 Å². The van der Waals surface area contributed by atoms with Gasteiger partial charge in [0.05, 0.1) is 7.11 Å². The zero-order valence-electron chi connectivity index (χ0n) is 7.51. The quantitative estimate of drug-likeness (QED) is 0.790. The lowest BCUT2D eigenvalue weighted by Gasteiger charge is -2.12. The molecule has 2 N–H and O–H groups in total. The van der Waals surface area contributed by atoms with Gasteiger partial charge in [-0.15, -0.1) is 0 Å². The molecule has 70 valence electrons. The molecule has 0 heterocycles. The predicted octanol–water partition coefficient (Wildman–Crippen LogP) is 2.30. The van der Waals surface area contributed by atoms with Crippen LogP contribution in [0.4, 0.5) is 0 Å². The highest BCUT2D eigenvalue weighted by molar-refractivity contribution is 6.31. The fourth-order valence-electron chi connectivity index (χ4n) is 1.42. The van der Waals surface area contributed by atoms with Crippen molar-refractivity contribution in [1.29, 1.82) is 0 Å². The van der Waals surface area contributed by atoms with Gasteiger partial charge >= 0.3 is 0 Å². The van der Waals surface area contributed by atoms with Gasteiger partial charge in [0.25, 0.3) is 0 Å². The molecule has 2 rings (SSSR count). The maximum Gasteiger partial charge on any atom is 0.119 e. The van der Waals surface area contributed by atoms with Gasteiger partial charge in [0.15, 0.2) is 0 Å². The Kier molecular flexibility index (Phi) is 1.97. The highest BCUT2D eigenvalue weighted by atomic mass is 35.5. The molecule has 1 aromatic carbocycles. The molecule has 1 saturated carbocycles. The van der Waals surface area contributed by atoms with Gasteiger partial charge < -0.3 is 10.5 Å². The Bertz CT molecular complexity index is 334. The lowest BCUT2D eigenvalue weighted by atomic mass is 10.1. The minimum atomic E-state index is -0.189. The number of nitrogens with two attached hydrogens (primary N) is 1.